The molecule has 0 aromatic heterocycles. The molecular formula is C14H21F2NO. The van der Waals surface area contributed by atoms with Crippen molar-refractivity contribution < 1.29 is 13.5 Å². The lowest BCUT2D eigenvalue weighted by molar-refractivity contribution is -0.0247. The molecule has 0 heterocycles. The Morgan fingerprint density at radius 1 is 1.28 bits per heavy atom. The molecule has 0 saturated carbocycles. The van der Waals surface area contributed by atoms with Gasteiger partial charge in [-0.3, -0.25) is 0 Å². The predicted molar refractivity (Wildman–Crippen MR) is 69.0 cm³/mol. The standard InChI is InChI=1S/C14H21F2NO/c1-3-8-17-9-13(18-10-14(15)16)12-7-5-4-6-11(12)2/h4-7,13-14,17H,3,8-10H2,1-2H3. The van der Waals surface area contributed by atoms with Crippen LogP contribution in [0.2, 0.25) is 0 Å². The zero-order valence-electron chi connectivity index (χ0n) is 11.0. The Morgan fingerprint density at radius 3 is 2.61 bits per heavy atom. The molecule has 18 heavy (non-hydrogen) atoms. The molecule has 1 rings (SSSR count). The van der Waals surface area contributed by atoms with Crippen LogP contribution in [0.15, 0.2) is 24.3 Å². The van der Waals surface area contributed by atoms with Crippen LogP contribution in [0, 0.1) is 6.92 Å². The van der Waals surface area contributed by atoms with Crippen molar-refractivity contribution in [1.29, 1.82) is 0 Å². The summed E-state index contributed by atoms with van der Waals surface area (Å²) in [4.78, 5) is 0. The molecule has 0 fully saturated rings. The van der Waals surface area contributed by atoms with E-state index in [4.69, 9.17) is 4.74 Å². The number of hydrogen-bond acceptors (Lipinski definition) is 2. The minimum atomic E-state index is -2.43. The number of hydrogen-bond donors (Lipinski definition) is 1. The topological polar surface area (TPSA) is 21.3 Å². The van der Waals surface area contributed by atoms with Gasteiger partial charge < -0.3 is 10.1 Å². The first-order valence-corrected chi connectivity index (χ1v) is 6.31. The van der Waals surface area contributed by atoms with Crippen LogP contribution in [0.1, 0.15) is 30.6 Å². The monoisotopic (exact) mass is 257 g/mol. The fourth-order valence-electron chi connectivity index (χ4n) is 1.81. The van der Waals surface area contributed by atoms with Gasteiger partial charge in [0.15, 0.2) is 0 Å². The minimum Gasteiger partial charge on any atom is -0.366 e. The summed E-state index contributed by atoms with van der Waals surface area (Å²) in [5.41, 5.74) is 2.04. The van der Waals surface area contributed by atoms with Crippen molar-refractivity contribution in [1.82, 2.24) is 5.32 Å². The zero-order chi connectivity index (χ0) is 13.4. The van der Waals surface area contributed by atoms with Gasteiger partial charge in [-0.25, -0.2) is 8.78 Å². The minimum absolute atomic E-state index is 0.313. The molecule has 0 bridgehead atoms. The number of alkyl halides is 2. The molecule has 102 valence electrons. The number of benzene rings is 1. The van der Waals surface area contributed by atoms with Crippen LogP contribution in [0.25, 0.3) is 0 Å². The summed E-state index contributed by atoms with van der Waals surface area (Å²) in [6.07, 6.45) is -1.73. The van der Waals surface area contributed by atoms with Crippen molar-refractivity contribution in [2.24, 2.45) is 0 Å². The van der Waals surface area contributed by atoms with Crippen molar-refractivity contribution in [2.75, 3.05) is 19.7 Å². The van der Waals surface area contributed by atoms with Gasteiger partial charge in [0.05, 0.1) is 6.10 Å². The summed E-state index contributed by atoms with van der Waals surface area (Å²) < 4.78 is 29.8. The van der Waals surface area contributed by atoms with E-state index in [-0.39, 0.29) is 6.10 Å². The molecule has 1 unspecified atom stereocenters. The molecule has 1 N–H and O–H groups in total. The first-order chi connectivity index (χ1) is 8.65. The quantitative estimate of drug-likeness (QED) is 0.721. The van der Waals surface area contributed by atoms with E-state index >= 15 is 0 Å². The van der Waals surface area contributed by atoms with Crippen LogP contribution in [0.4, 0.5) is 8.78 Å². The first kappa shape index (κ1) is 15.1. The number of halogens is 2. The normalized spacial score (nSPS) is 12.9. The maximum Gasteiger partial charge on any atom is 0.261 e. The zero-order valence-corrected chi connectivity index (χ0v) is 11.0. The highest BCUT2D eigenvalue weighted by Crippen LogP contribution is 2.21. The first-order valence-electron chi connectivity index (χ1n) is 6.31. The Morgan fingerprint density at radius 2 is 2.00 bits per heavy atom. The van der Waals surface area contributed by atoms with Crippen LogP contribution < -0.4 is 5.32 Å². The van der Waals surface area contributed by atoms with Crippen molar-refractivity contribution >= 4 is 0 Å². The van der Waals surface area contributed by atoms with Gasteiger partial charge >= 0.3 is 0 Å². The lowest BCUT2D eigenvalue weighted by Gasteiger charge is -2.20. The lowest BCUT2D eigenvalue weighted by atomic mass is 10.0. The maximum atomic E-state index is 12.3. The Kier molecular flexibility index (Phi) is 6.83. The number of ether oxygens (including phenoxy) is 1. The van der Waals surface area contributed by atoms with E-state index < -0.39 is 13.0 Å². The third kappa shape index (κ3) is 5.10. The molecule has 0 aliphatic rings. The second kappa shape index (κ2) is 8.16. The van der Waals surface area contributed by atoms with Gasteiger partial charge in [-0.15, -0.1) is 0 Å². The smallest absolute Gasteiger partial charge is 0.261 e. The SMILES string of the molecule is CCCNCC(OCC(F)F)c1ccccc1C. The molecule has 1 aromatic rings. The van der Waals surface area contributed by atoms with Crippen molar-refractivity contribution in [2.45, 2.75) is 32.8 Å². The Labute approximate surface area is 107 Å². The summed E-state index contributed by atoms with van der Waals surface area (Å²) >= 11 is 0. The van der Waals surface area contributed by atoms with Crippen molar-refractivity contribution in [3.8, 4) is 0 Å². The van der Waals surface area contributed by atoms with E-state index in [0.717, 1.165) is 24.1 Å². The molecule has 0 spiro atoms. The Bertz CT molecular complexity index is 344. The second-order valence-electron chi connectivity index (χ2n) is 4.27. The van der Waals surface area contributed by atoms with E-state index in [2.05, 4.69) is 12.2 Å². The fraction of sp³-hybridized carbons (Fsp3) is 0.571. The Hall–Kier alpha value is -1.00. The third-order valence-electron chi connectivity index (χ3n) is 2.72. The van der Waals surface area contributed by atoms with Crippen LogP contribution in [0.5, 0.6) is 0 Å². The van der Waals surface area contributed by atoms with Gasteiger partial charge in [0, 0.05) is 6.54 Å². The molecule has 1 aromatic carbocycles. The van der Waals surface area contributed by atoms with Gasteiger partial charge in [0.25, 0.3) is 6.43 Å². The van der Waals surface area contributed by atoms with Crippen LogP contribution in [-0.2, 0) is 4.74 Å². The average molecular weight is 257 g/mol. The van der Waals surface area contributed by atoms with Crippen LogP contribution in [-0.4, -0.2) is 26.1 Å². The predicted octanol–water partition coefficient (Wildman–Crippen LogP) is 3.32. The fourth-order valence-corrected chi connectivity index (χ4v) is 1.81. The molecule has 0 radical (unpaired) electrons. The molecule has 0 saturated heterocycles. The average Bonchev–Trinajstić information content (AvgIpc) is 2.34. The van der Waals surface area contributed by atoms with Gasteiger partial charge in [0.2, 0.25) is 0 Å². The van der Waals surface area contributed by atoms with E-state index in [0.29, 0.717) is 6.54 Å². The second-order valence-corrected chi connectivity index (χ2v) is 4.27. The highest BCUT2D eigenvalue weighted by atomic mass is 19.3. The molecule has 1 atom stereocenters. The largest absolute Gasteiger partial charge is 0.366 e. The summed E-state index contributed by atoms with van der Waals surface area (Å²) in [5, 5.41) is 3.21. The number of nitrogens with one attached hydrogen (secondary N) is 1. The summed E-state index contributed by atoms with van der Waals surface area (Å²) in [5.74, 6) is 0. The van der Waals surface area contributed by atoms with E-state index in [1.54, 1.807) is 0 Å². The number of rotatable bonds is 8. The summed E-state index contributed by atoms with van der Waals surface area (Å²) in [6, 6.07) is 7.73. The number of aryl methyl sites for hydroxylation is 1. The van der Waals surface area contributed by atoms with E-state index in [1.165, 1.54) is 0 Å². The molecular weight excluding hydrogens is 236 g/mol. The van der Waals surface area contributed by atoms with E-state index in [9.17, 15) is 8.78 Å². The van der Waals surface area contributed by atoms with Crippen molar-refractivity contribution in [3.05, 3.63) is 35.4 Å². The van der Waals surface area contributed by atoms with Gasteiger partial charge in [-0.1, -0.05) is 31.2 Å². The highest BCUT2D eigenvalue weighted by molar-refractivity contribution is 5.28. The third-order valence-corrected chi connectivity index (χ3v) is 2.72. The summed E-state index contributed by atoms with van der Waals surface area (Å²) in [6.45, 7) is 4.93. The lowest BCUT2D eigenvalue weighted by Crippen LogP contribution is -2.26. The Balaban J connectivity index is 2.66. The van der Waals surface area contributed by atoms with Crippen molar-refractivity contribution in [3.63, 3.8) is 0 Å². The van der Waals surface area contributed by atoms with Crippen LogP contribution in [0.3, 0.4) is 0 Å². The van der Waals surface area contributed by atoms with Gasteiger partial charge in [-0.2, -0.15) is 0 Å². The van der Waals surface area contributed by atoms with Gasteiger partial charge in [0.1, 0.15) is 6.61 Å². The molecule has 0 aliphatic carbocycles. The van der Waals surface area contributed by atoms with E-state index in [1.807, 2.05) is 31.2 Å². The molecule has 4 heteroatoms. The maximum absolute atomic E-state index is 12.3. The van der Waals surface area contributed by atoms with Crippen LogP contribution >= 0.6 is 0 Å². The summed E-state index contributed by atoms with van der Waals surface area (Å²) in [7, 11) is 0. The molecule has 2 nitrogen and oxygen atoms in total. The highest BCUT2D eigenvalue weighted by Gasteiger charge is 2.16. The molecule has 0 amide bonds. The molecule has 0 aliphatic heterocycles. The van der Waals surface area contributed by atoms with Gasteiger partial charge in [-0.05, 0) is 31.0 Å².